The van der Waals surface area contributed by atoms with E-state index in [0.717, 1.165) is 42.2 Å². The number of carbonyl (C=O) groups excluding carboxylic acids is 1. The van der Waals surface area contributed by atoms with Gasteiger partial charge in [0, 0.05) is 51.5 Å². The molecule has 6 heteroatoms. The van der Waals surface area contributed by atoms with Crippen LogP contribution in [-0.4, -0.2) is 59.4 Å². The minimum Gasteiger partial charge on any atom is -0.378 e. The number of carbonyl (C=O) groups is 1. The molecule has 1 aromatic heterocycles. The van der Waals surface area contributed by atoms with Gasteiger partial charge in [0.2, 0.25) is 0 Å². The van der Waals surface area contributed by atoms with Gasteiger partial charge in [0.25, 0.3) is 5.91 Å². The zero-order chi connectivity index (χ0) is 22.8. The number of aromatic amines is 1. The van der Waals surface area contributed by atoms with E-state index < -0.39 is 0 Å². The van der Waals surface area contributed by atoms with Crippen LogP contribution in [0.4, 0.5) is 5.69 Å². The first kappa shape index (κ1) is 21.2. The molecule has 6 nitrogen and oxygen atoms in total. The van der Waals surface area contributed by atoms with E-state index in [4.69, 9.17) is 4.98 Å². The lowest BCUT2D eigenvalue weighted by atomic mass is 10.1. The van der Waals surface area contributed by atoms with Crippen molar-refractivity contribution in [3.05, 3.63) is 95.8 Å². The fourth-order valence-electron chi connectivity index (χ4n) is 4.50. The lowest BCUT2D eigenvalue weighted by molar-refractivity contribution is 0.0418. The summed E-state index contributed by atoms with van der Waals surface area (Å²) >= 11 is 0. The van der Waals surface area contributed by atoms with Crippen molar-refractivity contribution in [2.75, 3.05) is 38.6 Å². The van der Waals surface area contributed by atoms with Crippen LogP contribution in [0.3, 0.4) is 0 Å². The predicted molar refractivity (Wildman–Crippen MR) is 132 cm³/mol. The summed E-state index contributed by atoms with van der Waals surface area (Å²) in [5.41, 5.74) is 4.98. The van der Waals surface area contributed by atoms with Crippen LogP contribution in [0.1, 0.15) is 27.8 Å². The molecule has 5 rings (SSSR count). The highest BCUT2D eigenvalue weighted by molar-refractivity contribution is 5.95. The van der Waals surface area contributed by atoms with Crippen LogP contribution in [0.25, 0.3) is 11.0 Å². The number of hydrogen-bond donors (Lipinski definition) is 1. The highest BCUT2D eigenvalue weighted by Gasteiger charge is 2.34. The van der Waals surface area contributed by atoms with Crippen LogP contribution in [0.5, 0.6) is 0 Å². The summed E-state index contributed by atoms with van der Waals surface area (Å²) in [5.74, 6) is 0.886. The molecule has 1 aliphatic heterocycles. The second-order valence-corrected chi connectivity index (χ2v) is 8.82. The molecule has 168 valence electrons. The maximum absolute atomic E-state index is 13.6. The number of fused-ring (bicyclic) bond motifs is 1. The Morgan fingerprint density at radius 1 is 0.970 bits per heavy atom. The van der Waals surface area contributed by atoms with Gasteiger partial charge < -0.3 is 14.8 Å². The summed E-state index contributed by atoms with van der Waals surface area (Å²) in [7, 11) is 4.00. The molecule has 0 radical (unpaired) electrons. The summed E-state index contributed by atoms with van der Waals surface area (Å²) in [6.07, 6.45) is 0. The number of H-pyrrole nitrogens is 1. The third kappa shape index (κ3) is 4.47. The molecule has 1 saturated heterocycles. The van der Waals surface area contributed by atoms with Crippen molar-refractivity contribution in [2.24, 2.45) is 0 Å². The molecule has 1 unspecified atom stereocenters. The van der Waals surface area contributed by atoms with Gasteiger partial charge in [-0.1, -0.05) is 42.5 Å². The van der Waals surface area contributed by atoms with Crippen LogP contribution in [0, 0.1) is 0 Å². The monoisotopic (exact) mass is 439 g/mol. The average Bonchev–Trinajstić information content (AvgIpc) is 3.29. The third-order valence-corrected chi connectivity index (χ3v) is 6.33. The van der Waals surface area contributed by atoms with E-state index in [1.54, 1.807) is 0 Å². The Hall–Kier alpha value is -3.64. The van der Waals surface area contributed by atoms with E-state index in [9.17, 15) is 4.79 Å². The van der Waals surface area contributed by atoms with Crippen molar-refractivity contribution in [2.45, 2.75) is 12.6 Å². The van der Waals surface area contributed by atoms with Crippen LogP contribution >= 0.6 is 0 Å². The van der Waals surface area contributed by atoms with E-state index in [0.29, 0.717) is 12.1 Å². The largest absolute Gasteiger partial charge is 0.378 e. The Bertz CT molecular complexity index is 1200. The second kappa shape index (κ2) is 9.08. The maximum atomic E-state index is 13.6. The van der Waals surface area contributed by atoms with Crippen molar-refractivity contribution < 1.29 is 4.79 Å². The molecule has 1 amide bonds. The van der Waals surface area contributed by atoms with Gasteiger partial charge in [-0.25, -0.2) is 4.98 Å². The minimum atomic E-state index is -0.143. The predicted octanol–water partition coefficient (Wildman–Crippen LogP) is 4.33. The number of rotatable bonds is 5. The number of para-hydroxylation sites is 2. The Morgan fingerprint density at radius 3 is 2.42 bits per heavy atom. The fourth-order valence-corrected chi connectivity index (χ4v) is 4.50. The van der Waals surface area contributed by atoms with E-state index in [1.807, 2.05) is 78.5 Å². The number of piperazine rings is 1. The Kier molecular flexibility index (Phi) is 5.84. The Morgan fingerprint density at radius 2 is 1.70 bits per heavy atom. The molecule has 0 saturated carbocycles. The standard InChI is InChI=1S/C27H29N5O/c1-30(2)22-14-12-21(13-15-22)27(33)32-17-16-31(18-20-8-4-3-5-9-20)19-25(32)26-28-23-10-6-7-11-24(23)29-26/h3-15,25H,16-19H2,1-2H3,(H,28,29). The molecule has 3 aromatic carbocycles. The van der Waals surface area contributed by atoms with Gasteiger partial charge in [0.1, 0.15) is 11.9 Å². The van der Waals surface area contributed by atoms with E-state index in [-0.39, 0.29) is 11.9 Å². The molecular formula is C27H29N5O. The molecule has 2 heterocycles. The van der Waals surface area contributed by atoms with Gasteiger partial charge >= 0.3 is 0 Å². The maximum Gasteiger partial charge on any atom is 0.254 e. The van der Waals surface area contributed by atoms with Gasteiger partial charge in [-0.05, 0) is 42.0 Å². The number of amides is 1. The summed E-state index contributed by atoms with van der Waals surface area (Å²) in [4.78, 5) is 28.3. The number of hydrogen-bond acceptors (Lipinski definition) is 4. The van der Waals surface area contributed by atoms with E-state index in [2.05, 4.69) is 34.1 Å². The molecule has 1 aliphatic rings. The summed E-state index contributed by atoms with van der Waals surface area (Å²) in [5, 5.41) is 0. The van der Waals surface area contributed by atoms with Crippen LogP contribution in [-0.2, 0) is 6.54 Å². The molecule has 1 atom stereocenters. The number of imidazole rings is 1. The van der Waals surface area contributed by atoms with Gasteiger partial charge in [0.15, 0.2) is 0 Å². The van der Waals surface area contributed by atoms with Crippen LogP contribution in [0.2, 0.25) is 0 Å². The number of aromatic nitrogens is 2. The summed E-state index contributed by atoms with van der Waals surface area (Å²) < 4.78 is 0. The molecular weight excluding hydrogens is 410 g/mol. The van der Waals surface area contributed by atoms with Crippen molar-refractivity contribution >= 4 is 22.6 Å². The minimum absolute atomic E-state index is 0.0464. The molecule has 33 heavy (non-hydrogen) atoms. The number of benzene rings is 3. The summed E-state index contributed by atoms with van der Waals surface area (Å²) in [6.45, 7) is 3.07. The SMILES string of the molecule is CN(C)c1ccc(C(=O)N2CCN(Cc3ccccc3)CC2c2nc3ccccc3[nH]2)cc1. The number of nitrogens with zero attached hydrogens (tertiary/aromatic N) is 4. The highest BCUT2D eigenvalue weighted by atomic mass is 16.2. The molecule has 1 N–H and O–H groups in total. The summed E-state index contributed by atoms with van der Waals surface area (Å²) in [6, 6.07) is 26.2. The Labute approximate surface area is 194 Å². The second-order valence-electron chi connectivity index (χ2n) is 8.82. The first-order valence-electron chi connectivity index (χ1n) is 11.4. The van der Waals surface area contributed by atoms with Crippen molar-refractivity contribution in [1.82, 2.24) is 19.8 Å². The molecule has 0 spiro atoms. The van der Waals surface area contributed by atoms with Crippen LogP contribution in [0.15, 0.2) is 78.9 Å². The lowest BCUT2D eigenvalue weighted by Gasteiger charge is -2.40. The van der Waals surface area contributed by atoms with E-state index >= 15 is 0 Å². The average molecular weight is 440 g/mol. The van der Waals surface area contributed by atoms with Crippen molar-refractivity contribution in [1.29, 1.82) is 0 Å². The van der Waals surface area contributed by atoms with E-state index in [1.165, 1.54) is 5.56 Å². The normalized spacial score (nSPS) is 16.8. The zero-order valence-corrected chi connectivity index (χ0v) is 19.1. The molecule has 0 bridgehead atoms. The molecule has 1 fully saturated rings. The quantitative estimate of drug-likeness (QED) is 0.503. The number of anilines is 1. The van der Waals surface area contributed by atoms with Crippen molar-refractivity contribution in [3.63, 3.8) is 0 Å². The smallest absolute Gasteiger partial charge is 0.254 e. The topological polar surface area (TPSA) is 55.5 Å². The molecule has 4 aromatic rings. The first-order valence-corrected chi connectivity index (χ1v) is 11.4. The highest BCUT2D eigenvalue weighted by Crippen LogP contribution is 2.28. The van der Waals surface area contributed by atoms with Gasteiger partial charge in [-0.15, -0.1) is 0 Å². The Balaban J connectivity index is 1.44. The van der Waals surface area contributed by atoms with Gasteiger partial charge in [-0.2, -0.15) is 0 Å². The zero-order valence-electron chi connectivity index (χ0n) is 19.1. The van der Waals surface area contributed by atoms with Gasteiger partial charge in [-0.3, -0.25) is 9.69 Å². The first-order chi connectivity index (χ1) is 16.1. The van der Waals surface area contributed by atoms with Crippen LogP contribution < -0.4 is 4.90 Å². The van der Waals surface area contributed by atoms with Gasteiger partial charge in [0.05, 0.1) is 11.0 Å². The van der Waals surface area contributed by atoms with Crippen molar-refractivity contribution in [3.8, 4) is 0 Å². The fraction of sp³-hybridized carbons (Fsp3) is 0.259. The number of nitrogens with one attached hydrogen (secondary N) is 1. The molecule has 0 aliphatic carbocycles. The third-order valence-electron chi connectivity index (χ3n) is 6.33. The lowest BCUT2D eigenvalue weighted by Crippen LogP contribution is -2.50.